The van der Waals surface area contributed by atoms with Gasteiger partial charge in [-0.2, -0.15) is 4.98 Å². The van der Waals surface area contributed by atoms with Crippen molar-refractivity contribution in [1.82, 2.24) is 19.5 Å². The molecule has 3 rings (SSSR count). The fourth-order valence-corrected chi connectivity index (χ4v) is 4.87. The van der Waals surface area contributed by atoms with Crippen molar-refractivity contribution in [2.45, 2.75) is 40.8 Å². The molecule has 0 saturated carbocycles. The number of fused-ring (bicyclic) bond motifs is 1. The number of aryl methyl sites for hydroxylation is 1. The third kappa shape index (κ3) is 8.40. The van der Waals surface area contributed by atoms with Crippen LogP contribution < -0.4 is 11.3 Å². The molecule has 2 aromatic heterocycles. The van der Waals surface area contributed by atoms with E-state index >= 15 is 0 Å². The molecule has 2 heterocycles. The van der Waals surface area contributed by atoms with Gasteiger partial charge < -0.3 is 24.1 Å². The van der Waals surface area contributed by atoms with E-state index in [0.717, 1.165) is 5.56 Å². The highest BCUT2D eigenvalue weighted by atomic mass is 32.2. The van der Waals surface area contributed by atoms with E-state index in [2.05, 4.69) is 15.0 Å². The van der Waals surface area contributed by atoms with Gasteiger partial charge in [0, 0.05) is 17.7 Å². The Hall–Kier alpha value is -2.30. The zero-order valence-corrected chi connectivity index (χ0v) is 22.2. The molecule has 35 heavy (non-hydrogen) atoms. The number of hydrogen-bond donors (Lipinski definition) is 2. The molecule has 0 saturated heterocycles. The van der Waals surface area contributed by atoms with Crippen LogP contribution in [0.1, 0.15) is 31.9 Å². The first kappa shape index (κ1) is 27.3. The fourth-order valence-electron chi connectivity index (χ4n) is 2.87. The van der Waals surface area contributed by atoms with Gasteiger partial charge in [0.15, 0.2) is 24.7 Å². The van der Waals surface area contributed by atoms with Crippen LogP contribution >= 0.6 is 20.1 Å². The maximum absolute atomic E-state index is 12.1. The van der Waals surface area contributed by atoms with E-state index in [0.29, 0.717) is 37.8 Å². The number of aromatic nitrogens is 4. The van der Waals surface area contributed by atoms with Crippen LogP contribution in [0.5, 0.6) is 0 Å². The summed E-state index contributed by atoms with van der Waals surface area (Å²) in [5.41, 5.74) is 7.74. The molecule has 3 aromatic rings. The first-order valence-corrected chi connectivity index (χ1v) is 13.5. The Bertz CT molecular complexity index is 1180. The molecule has 190 valence electrons. The van der Waals surface area contributed by atoms with E-state index < -0.39 is 8.38 Å². The molecule has 10 nitrogen and oxygen atoms in total. The van der Waals surface area contributed by atoms with Crippen molar-refractivity contribution < 1.29 is 18.6 Å². The van der Waals surface area contributed by atoms with Gasteiger partial charge in [0.05, 0.1) is 26.1 Å². The molecular formula is C23H32N5O5PS. The van der Waals surface area contributed by atoms with Crippen LogP contribution in [-0.4, -0.2) is 49.9 Å². The molecule has 0 aliphatic rings. The molecule has 1 aromatic carbocycles. The highest BCUT2D eigenvalue weighted by molar-refractivity contribution is 8.13. The Kier molecular flexibility index (Phi) is 9.82. The lowest BCUT2D eigenvalue weighted by Gasteiger charge is -2.19. The molecular weight excluding hydrogens is 489 g/mol. The largest absolute Gasteiger partial charge is 0.370 e. The minimum Gasteiger partial charge on any atom is -0.370 e. The first-order valence-electron chi connectivity index (χ1n) is 11.2. The number of thioether (sulfide) groups is 1. The second kappa shape index (κ2) is 12.6. The van der Waals surface area contributed by atoms with Crippen molar-refractivity contribution >= 4 is 42.4 Å². The highest BCUT2D eigenvalue weighted by Gasteiger charge is 2.21. The van der Waals surface area contributed by atoms with Gasteiger partial charge in [-0.15, -0.1) is 0 Å². The summed E-state index contributed by atoms with van der Waals surface area (Å²) in [6.07, 6.45) is 1.80. The van der Waals surface area contributed by atoms with Crippen LogP contribution in [0.15, 0.2) is 35.4 Å². The number of imidazole rings is 1. The Labute approximate surface area is 209 Å². The Morgan fingerprint density at radius 1 is 1.20 bits per heavy atom. The van der Waals surface area contributed by atoms with Gasteiger partial charge in [-0.05, 0) is 12.5 Å². The molecule has 0 bridgehead atoms. The average molecular weight is 522 g/mol. The van der Waals surface area contributed by atoms with Gasteiger partial charge in [0.1, 0.15) is 6.35 Å². The number of nitrogen functional groups attached to an aromatic ring is 1. The van der Waals surface area contributed by atoms with E-state index in [4.69, 9.17) is 19.5 Å². The minimum atomic E-state index is -1.33. The van der Waals surface area contributed by atoms with E-state index in [1.165, 1.54) is 23.7 Å². The Morgan fingerprint density at radius 3 is 2.66 bits per heavy atom. The summed E-state index contributed by atoms with van der Waals surface area (Å²) in [6.45, 7) is 9.30. The van der Waals surface area contributed by atoms with Gasteiger partial charge in [-0.1, -0.05) is 62.4 Å². The molecule has 3 N–H and O–H groups in total. The van der Waals surface area contributed by atoms with Gasteiger partial charge in [-0.25, -0.2) is 4.98 Å². The van der Waals surface area contributed by atoms with Gasteiger partial charge >= 0.3 is 0 Å². The summed E-state index contributed by atoms with van der Waals surface area (Å²) < 4.78 is 19.5. The quantitative estimate of drug-likeness (QED) is 0.269. The van der Waals surface area contributed by atoms with Crippen LogP contribution in [0.2, 0.25) is 0 Å². The average Bonchev–Trinajstić information content (AvgIpc) is 3.20. The SMILES string of the molecule is Cc1ccc(COP(COCCn2cnc3c(=O)[nH]c(N)nc32)OCCSC(=O)C(C)(C)C)cc1. The smallest absolute Gasteiger partial charge is 0.280 e. The molecule has 12 heteroatoms. The fraction of sp³-hybridized carbons (Fsp3) is 0.478. The molecule has 0 aliphatic heterocycles. The van der Waals surface area contributed by atoms with Crippen LogP contribution in [-0.2, 0) is 31.7 Å². The van der Waals surface area contributed by atoms with Crippen molar-refractivity contribution in [2.24, 2.45) is 5.41 Å². The number of anilines is 1. The predicted octanol–water partition coefficient (Wildman–Crippen LogP) is 3.84. The number of rotatable bonds is 12. The Balaban J connectivity index is 1.51. The second-order valence-corrected chi connectivity index (χ2v) is 11.4. The van der Waals surface area contributed by atoms with E-state index in [9.17, 15) is 9.59 Å². The standard InChI is InChI=1S/C23H32N5O5PS/c1-16-5-7-17(8-6-16)13-33-34(32-11-12-35-21(30)23(2,3)4)15-31-10-9-28-14-25-18-19(28)26-22(24)27-20(18)29/h5-8,14H,9-13,15H2,1-4H3,(H3,24,26,27,29). The number of benzene rings is 1. The topological polar surface area (TPSA) is 134 Å². The summed E-state index contributed by atoms with van der Waals surface area (Å²) in [5, 5.41) is 0.128. The van der Waals surface area contributed by atoms with E-state index in [1.807, 2.05) is 52.0 Å². The highest BCUT2D eigenvalue weighted by Crippen LogP contribution is 2.39. The number of aromatic amines is 1. The zero-order valence-electron chi connectivity index (χ0n) is 20.4. The number of carbonyl (C=O) groups is 1. The van der Waals surface area contributed by atoms with E-state index in [-0.39, 0.29) is 33.9 Å². The Morgan fingerprint density at radius 2 is 1.94 bits per heavy atom. The lowest BCUT2D eigenvalue weighted by atomic mass is 10.00. The molecule has 0 fully saturated rings. The van der Waals surface area contributed by atoms with Crippen molar-refractivity contribution in [2.75, 3.05) is 31.0 Å². The monoisotopic (exact) mass is 521 g/mol. The molecule has 0 radical (unpaired) electrons. The summed E-state index contributed by atoms with van der Waals surface area (Å²) >= 11 is 1.27. The number of nitrogens with one attached hydrogen (secondary N) is 1. The third-order valence-electron chi connectivity index (χ3n) is 4.83. The maximum atomic E-state index is 12.1. The van der Waals surface area contributed by atoms with Crippen LogP contribution in [0.4, 0.5) is 5.95 Å². The number of hydrogen-bond acceptors (Lipinski definition) is 9. The summed E-state index contributed by atoms with van der Waals surface area (Å²) in [5.74, 6) is 0.584. The number of H-pyrrole nitrogens is 1. The van der Waals surface area contributed by atoms with Crippen LogP contribution in [0, 0.1) is 12.3 Å². The summed E-state index contributed by atoms with van der Waals surface area (Å²) in [4.78, 5) is 34.7. The van der Waals surface area contributed by atoms with Crippen molar-refractivity contribution in [3.05, 3.63) is 52.1 Å². The zero-order chi connectivity index (χ0) is 25.4. The van der Waals surface area contributed by atoms with Crippen molar-refractivity contribution in [1.29, 1.82) is 0 Å². The summed E-state index contributed by atoms with van der Waals surface area (Å²) in [6, 6.07) is 8.11. The number of carbonyl (C=O) groups excluding carboxylic acids is 1. The van der Waals surface area contributed by atoms with Gasteiger partial charge in [-0.3, -0.25) is 14.6 Å². The second-order valence-electron chi connectivity index (χ2n) is 8.91. The minimum absolute atomic E-state index is 0.0365. The number of ether oxygens (including phenoxy) is 1. The molecule has 0 amide bonds. The lowest BCUT2D eigenvalue weighted by Crippen LogP contribution is -2.17. The molecule has 1 unspecified atom stereocenters. The molecule has 0 aliphatic carbocycles. The maximum Gasteiger partial charge on any atom is 0.280 e. The van der Waals surface area contributed by atoms with Gasteiger partial charge in [0.2, 0.25) is 5.95 Å². The lowest BCUT2D eigenvalue weighted by molar-refractivity contribution is -0.117. The molecule has 0 spiro atoms. The van der Waals surface area contributed by atoms with Crippen LogP contribution in [0.25, 0.3) is 11.2 Å². The molecule has 1 atom stereocenters. The van der Waals surface area contributed by atoms with E-state index in [1.54, 1.807) is 4.57 Å². The number of nitrogens with two attached hydrogens (primary N) is 1. The predicted molar refractivity (Wildman–Crippen MR) is 139 cm³/mol. The van der Waals surface area contributed by atoms with Crippen molar-refractivity contribution in [3.63, 3.8) is 0 Å². The van der Waals surface area contributed by atoms with Crippen molar-refractivity contribution in [3.8, 4) is 0 Å². The first-order chi connectivity index (χ1) is 16.6. The van der Waals surface area contributed by atoms with Crippen LogP contribution in [0.3, 0.4) is 0 Å². The third-order valence-corrected chi connectivity index (χ3v) is 7.35. The normalized spacial score (nSPS) is 12.8. The number of nitrogens with zero attached hydrogens (tertiary/aromatic N) is 3. The van der Waals surface area contributed by atoms with Gasteiger partial charge in [0.25, 0.3) is 5.56 Å². The summed E-state index contributed by atoms with van der Waals surface area (Å²) in [7, 11) is -1.33.